The van der Waals surface area contributed by atoms with E-state index >= 15 is 0 Å². The molecule has 0 saturated heterocycles. The molecule has 2 aromatic carbocycles. The first kappa shape index (κ1) is 12.9. The van der Waals surface area contributed by atoms with Crippen LogP contribution >= 0.6 is 11.6 Å². The van der Waals surface area contributed by atoms with Crippen LogP contribution in [0.1, 0.15) is 17.3 Å². The van der Waals surface area contributed by atoms with E-state index in [1.807, 2.05) is 65.3 Å². The van der Waals surface area contributed by atoms with Gasteiger partial charge < -0.3 is 5.73 Å². The highest BCUT2D eigenvalue weighted by molar-refractivity contribution is 6.30. The van der Waals surface area contributed by atoms with Crippen LogP contribution in [0, 0.1) is 0 Å². The Morgan fingerprint density at radius 2 is 1.80 bits per heavy atom. The molecule has 0 fully saturated rings. The van der Waals surface area contributed by atoms with Crippen LogP contribution in [0.15, 0.2) is 66.9 Å². The molecule has 0 aliphatic heterocycles. The lowest BCUT2D eigenvalue weighted by atomic mass is 10.0. The van der Waals surface area contributed by atoms with E-state index in [1.165, 1.54) is 0 Å². The van der Waals surface area contributed by atoms with Crippen molar-refractivity contribution in [2.24, 2.45) is 5.73 Å². The van der Waals surface area contributed by atoms with Crippen molar-refractivity contribution in [3.05, 3.63) is 83.1 Å². The largest absolute Gasteiger partial charge is 0.319 e. The van der Waals surface area contributed by atoms with Gasteiger partial charge in [0, 0.05) is 11.2 Å². The molecule has 0 saturated carbocycles. The van der Waals surface area contributed by atoms with Crippen LogP contribution in [-0.2, 0) is 0 Å². The van der Waals surface area contributed by atoms with E-state index in [0.717, 1.165) is 16.9 Å². The summed E-state index contributed by atoms with van der Waals surface area (Å²) in [7, 11) is 0. The molecular formula is C16H14ClN3. The Hall–Kier alpha value is -2.10. The zero-order valence-electron chi connectivity index (χ0n) is 10.8. The van der Waals surface area contributed by atoms with Gasteiger partial charge in [0.25, 0.3) is 0 Å². The maximum Gasteiger partial charge on any atom is 0.0728 e. The number of nitrogens with two attached hydrogens (primary N) is 1. The molecule has 20 heavy (non-hydrogen) atoms. The van der Waals surface area contributed by atoms with Gasteiger partial charge in [0.2, 0.25) is 0 Å². The smallest absolute Gasteiger partial charge is 0.0728 e. The molecule has 3 rings (SSSR count). The Kier molecular flexibility index (Phi) is 3.54. The van der Waals surface area contributed by atoms with Gasteiger partial charge in [-0.15, -0.1) is 0 Å². The van der Waals surface area contributed by atoms with Gasteiger partial charge in [-0.05, 0) is 35.9 Å². The zero-order chi connectivity index (χ0) is 13.9. The Bertz CT molecular complexity index is 707. The van der Waals surface area contributed by atoms with Crippen LogP contribution in [0.4, 0.5) is 0 Å². The second-order valence-electron chi connectivity index (χ2n) is 4.54. The third kappa shape index (κ3) is 2.46. The molecule has 0 spiro atoms. The maximum absolute atomic E-state index is 6.35. The van der Waals surface area contributed by atoms with Gasteiger partial charge in [-0.2, -0.15) is 5.10 Å². The normalized spacial score (nSPS) is 12.3. The fraction of sp³-hybridized carbons (Fsp3) is 0.0625. The molecule has 3 aromatic rings. The first-order chi connectivity index (χ1) is 9.75. The van der Waals surface area contributed by atoms with Crippen molar-refractivity contribution in [2.75, 3.05) is 0 Å². The maximum atomic E-state index is 6.35. The lowest BCUT2D eigenvalue weighted by molar-refractivity contribution is 0.739. The highest BCUT2D eigenvalue weighted by Gasteiger charge is 2.15. The van der Waals surface area contributed by atoms with Crippen LogP contribution in [0.5, 0.6) is 0 Å². The molecule has 0 radical (unpaired) electrons. The van der Waals surface area contributed by atoms with Gasteiger partial charge >= 0.3 is 0 Å². The van der Waals surface area contributed by atoms with Crippen molar-refractivity contribution in [1.82, 2.24) is 9.78 Å². The average Bonchev–Trinajstić information content (AvgIpc) is 2.97. The van der Waals surface area contributed by atoms with Crippen LogP contribution < -0.4 is 5.73 Å². The molecule has 1 unspecified atom stereocenters. The van der Waals surface area contributed by atoms with E-state index in [-0.39, 0.29) is 6.04 Å². The number of benzene rings is 2. The molecule has 1 atom stereocenters. The third-order valence-corrected chi connectivity index (χ3v) is 3.43. The van der Waals surface area contributed by atoms with E-state index < -0.39 is 0 Å². The lowest BCUT2D eigenvalue weighted by Crippen LogP contribution is -2.16. The fourth-order valence-electron chi connectivity index (χ4n) is 2.20. The van der Waals surface area contributed by atoms with Crippen LogP contribution in [-0.4, -0.2) is 9.78 Å². The molecule has 3 nitrogen and oxygen atoms in total. The number of nitrogens with zero attached hydrogens (tertiary/aromatic N) is 2. The van der Waals surface area contributed by atoms with Crippen LogP contribution in [0.2, 0.25) is 5.02 Å². The summed E-state index contributed by atoms with van der Waals surface area (Å²) >= 11 is 6.03. The number of halogens is 1. The molecule has 0 amide bonds. The minimum Gasteiger partial charge on any atom is -0.319 e. The van der Waals surface area contributed by atoms with Gasteiger partial charge in [0.15, 0.2) is 0 Å². The molecule has 1 aromatic heterocycles. The summed E-state index contributed by atoms with van der Waals surface area (Å²) in [6.45, 7) is 0. The minimum atomic E-state index is -0.267. The predicted molar refractivity (Wildman–Crippen MR) is 81.0 cm³/mol. The molecule has 2 N–H and O–H groups in total. The fourth-order valence-corrected chi connectivity index (χ4v) is 2.40. The van der Waals surface area contributed by atoms with E-state index in [4.69, 9.17) is 17.3 Å². The van der Waals surface area contributed by atoms with E-state index in [9.17, 15) is 0 Å². The number of hydrogen-bond donors (Lipinski definition) is 1. The Morgan fingerprint density at radius 1 is 1.00 bits per heavy atom. The predicted octanol–water partition coefficient (Wildman–Crippen LogP) is 3.57. The summed E-state index contributed by atoms with van der Waals surface area (Å²) in [5, 5.41) is 5.04. The minimum absolute atomic E-state index is 0.267. The van der Waals surface area contributed by atoms with Crippen molar-refractivity contribution in [3.8, 4) is 5.69 Å². The first-order valence-electron chi connectivity index (χ1n) is 6.36. The molecule has 0 bridgehead atoms. The second kappa shape index (κ2) is 5.49. The monoisotopic (exact) mass is 283 g/mol. The summed E-state index contributed by atoms with van der Waals surface area (Å²) in [6, 6.07) is 19.2. The highest BCUT2D eigenvalue weighted by Crippen LogP contribution is 2.23. The Labute approximate surface area is 122 Å². The van der Waals surface area contributed by atoms with Crippen molar-refractivity contribution in [2.45, 2.75) is 6.04 Å². The van der Waals surface area contributed by atoms with Gasteiger partial charge in [0.1, 0.15) is 0 Å². The quantitative estimate of drug-likeness (QED) is 0.798. The SMILES string of the molecule is NC(c1cccc(Cl)c1)c1ccnn1-c1ccccc1. The summed E-state index contributed by atoms with van der Waals surface area (Å²) in [6.07, 6.45) is 1.76. The molecule has 1 heterocycles. The van der Waals surface area contributed by atoms with Crippen molar-refractivity contribution in [3.63, 3.8) is 0 Å². The van der Waals surface area contributed by atoms with Crippen molar-refractivity contribution < 1.29 is 0 Å². The molecular weight excluding hydrogens is 270 g/mol. The second-order valence-corrected chi connectivity index (χ2v) is 4.97. The average molecular weight is 284 g/mol. The van der Waals surface area contributed by atoms with Crippen molar-refractivity contribution >= 4 is 11.6 Å². The van der Waals surface area contributed by atoms with Gasteiger partial charge in [-0.3, -0.25) is 0 Å². The summed E-state index contributed by atoms with van der Waals surface area (Å²) in [5.74, 6) is 0. The van der Waals surface area contributed by atoms with Gasteiger partial charge in [0.05, 0.1) is 17.4 Å². The van der Waals surface area contributed by atoms with Gasteiger partial charge in [-0.1, -0.05) is 41.9 Å². The summed E-state index contributed by atoms with van der Waals surface area (Å²) in [5.41, 5.74) is 9.24. The summed E-state index contributed by atoms with van der Waals surface area (Å²) in [4.78, 5) is 0. The zero-order valence-corrected chi connectivity index (χ0v) is 11.5. The van der Waals surface area contributed by atoms with E-state index in [0.29, 0.717) is 5.02 Å². The Balaban J connectivity index is 2.02. The lowest BCUT2D eigenvalue weighted by Gasteiger charge is -2.15. The van der Waals surface area contributed by atoms with E-state index in [2.05, 4.69) is 5.10 Å². The standard InChI is InChI=1S/C16H14ClN3/c17-13-6-4-5-12(11-13)16(18)15-9-10-19-20(15)14-7-2-1-3-8-14/h1-11,16H,18H2. The Morgan fingerprint density at radius 3 is 2.55 bits per heavy atom. The summed E-state index contributed by atoms with van der Waals surface area (Å²) < 4.78 is 1.85. The van der Waals surface area contributed by atoms with Crippen molar-refractivity contribution in [1.29, 1.82) is 0 Å². The first-order valence-corrected chi connectivity index (χ1v) is 6.74. The van der Waals surface area contributed by atoms with Crippen LogP contribution in [0.25, 0.3) is 5.69 Å². The number of aromatic nitrogens is 2. The molecule has 0 aliphatic rings. The van der Waals surface area contributed by atoms with E-state index in [1.54, 1.807) is 6.20 Å². The van der Waals surface area contributed by atoms with Crippen LogP contribution in [0.3, 0.4) is 0 Å². The molecule has 100 valence electrons. The molecule has 4 heteroatoms. The highest BCUT2D eigenvalue weighted by atomic mass is 35.5. The topological polar surface area (TPSA) is 43.8 Å². The number of hydrogen-bond acceptors (Lipinski definition) is 2. The number of rotatable bonds is 3. The number of para-hydroxylation sites is 1. The molecule has 0 aliphatic carbocycles. The van der Waals surface area contributed by atoms with Gasteiger partial charge in [-0.25, -0.2) is 4.68 Å². The third-order valence-electron chi connectivity index (χ3n) is 3.20.